The molecule has 7 nitrogen and oxygen atoms in total. The van der Waals surface area contributed by atoms with Gasteiger partial charge in [0.05, 0.1) is 0 Å². The van der Waals surface area contributed by atoms with Gasteiger partial charge in [-0.25, -0.2) is 4.39 Å². The number of nitrogens with one attached hydrogen (secondary N) is 3. The van der Waals surface area contributed by atoms with E-state index < -0.39 is 23.7 Å². The maximum Gasteiger partial charge on any atom is 0.286 e. The molecule has 0 radical (unpaired) electrons. The van der Waals surface area contributed by atoms with E-state index in [9.17, 15) is 18.8 Å². The zero-order valence-electron chi connectivity index (χ0n) is 13.1. The Bertz CT molecular complexity index is 772. The highest BCUT2D eigenvalue weighted by molar-refractivity contribution is 5.99. The molecule has 0 saturated carbocycles. The fourth-order valence-electron chi connectivity index (χ4n) is 1.80. The number of ether oxygens (including phenoxy) is 1. The highest BCUT2D eigenvalue weighted by Crippen LogP contribution is 2.16. The van der Waals surface area contributed by atoms with Crippen molar-refractivity contribution in [2.45, 2.75) is 20.0 Å². The third-order valence-electron chi connectivity index (χ3n) is 3.14. The van der Waals surface area contributed by atoms with Crippen LogP contribution in [0.5, 0.6) is 5.75 Å². The lowest BCUT2D eigenvalue weighted by Crippen LogP contribution is -2.47. The standard InChI is InChI=1S/C16H16FN3O4/c1-9(21)11-7-13(18-8-11)16(23)20-19-15(22)10(2)24-14-6-4-3-5-12(14)17/h3-8,10,18H,1-2H3,(H,19,22)(H,20,23). The number of carbonyl (C=O) groups is 3. The second kappa shape index (κ2) is 7.40. The van der Waals surface area contributed by atoms with Gasteiger partial charge in [0.1, 0.15) is 5.69 Å². The lowest BCUT2D eigenvalue weighted by molar-refractivity contribution is -0.128. The van der Waals surface area contributed by atoms with Gasteiger partial charge < -0.3 is 9.72 Å². The van der Waals surface area contributed by atoms with Gasteiger partial charge in [0.2, 0.25) is 0 Å². The molecule has 8 heteroatoms. The molecule has 2 amide bonds. The van der Waals surface area contributed by atoms with Gasteiger partial charge >= 0.3 is 0 Å². The van der Waals surface area contributed by atoms with Crippen LogP contribution < -0.4 is 15.6 Å². The van der Waals surface area contributed by atoms with Crippen molar-refractivity contribution in [1.29, 1.82) is 0 Å². The van der Waals surface area contributed by atoms with Crippen LogP contribution in [0, 0.1) is 5.82 Å². The van der Waals surface area contributed by atoms with E-state index in [-0.39, 0.29) is 17.2 Å². The average Bonchev–Trinajstić information content (AvgIpc) is 3.04. The van der Waals surface area contributed by atoms with Crippen LogP contribution in [-0.2, 0) is 4.79 Å². The molecule has 126 valence electrons. The Labute approximate surface area is 137 Å². The van der Waals surface area contributed by atoms with Crippen LogP contribution in [0.1, 0.15) is 34.7 Å². The van der Waals surface area contributed by atoms with Crippen molar-refractivity contribution in [3.05, 3.63) is 53.6 Å². The number of hydrogen-bond donors (Lipinski definition) is 3. The second-order valence-corrected chi connectivity index (χ2v) is 4.99. The van der Waals surface area contributed by atoms with E-state index in [1.807, 2.05) is 0 Å². The Morgan fingerprint density at radius 3 is 2.54 bits per heavy atom. The SMILES string of the molecule is CC(=O)c1c[nH]c(C(=O)NNC(=O)C(C)Oc2ccccc2F)c1. The van der Waals surface area contributed by atoms with Crippen LogP contribution in [0.25, 0.3) is 0 Å². The molecule has 1 aromatic heterocycles. The number of amides is 2. The number of H-pyrrole nitrogens is 1. The van der Waals surface area contributed by atoms with Gasteiger partial charge in [-0.1, -0.05) is 12.1 Å². The summed E-state index contributed by atoms with van der Waals surface area (Å²) in [6, 6.07) is 7.03. The van der Waals surface area contributed by atoms with Gasteiger partial charge in [-0.05, 0) is 32.0 Å². The first-order valence-corrected chi connectivity index (χ1v) is 7.09. The van der Waals surface area contributed by atoms with Gasteiger partial charge in [-0.2, -0.15) is 0 Å². The molecule has 2 aromatic rings. The normalized spacial score (nSPS) is 11.5. The van der Waals surface area contributed by atoms with E-state index in [1.54, 1.807) is 6.07 Å². The van der Waals surface area contributed by atoms with Crippen LogP contribution in [-0.4, -0.2) is 28.7 Å². The molecule has 0 aliphatic rings. The third kappa shape index (κ3) is 4.19. The Morgan fingerprint density at radius 1 is 1.21 bits per heavy atom. The number of ketones is 1. The summed E-state index contributed by atoms with van der Waals surface area (Å²) in [6.07, 6.45) is 0.363. The quantitative estimate of drug-likeness (QED) is 0.571. The Kier molecular flexibility index (Phi) is 5.31. The van der Waals surface area contributed by atoms with Crippen LogP contribution in [0.2, 0.25) is 0 Å². The number of Topliss-reactive ketones (excluding diaryl/α,β-unsaturated/α-hetero) is 1. The van der Waals surface area contributed by atoms with E-state index >= 15 is 0 Å². The summed E-state index contributed by atoms with van der Waals surface area (Å²) in [5, 5.41) is 0. The van der Waals surface area contributed by atoms with Crippen molar-refractivity contribution in [1.82, 2.24) is 15.8 Å². The van der Waals surface area contributed by atoms with E-state index in [4.69, 9.17) is 4.74 Å². The van der Waals surface area contributed by atoms with Crippen molar-refractivity contribution in [2.75, 3.05) is 0 Å². The predicted octanol–water partition coefficient (Wildman–Crippen LogP) is 1.58. The van der Waals surface area contributed by atoms with Gasteiger partial charge in [-0.3, -0.25) is 25.2 Å². The van der Waals surface area contributed by atoms with E-state index in [1.165, 1.54) is 44.3 Å². The van der Waals surface area contributed by atoms with Crippen molar-refractivity contribution < 1.29 is 23.5 Å². The summed E-state index contributed by atoms with van der Waals surface area (Å²) in [5.74, 6) is -2.15. The van der Waals surface area contributed by atoms with Crippen molar-refractivity contribution in [3.63, 3.8) is 0 Å². The number of halogens is 1. The minimum Gasteiger partial charge on any atom is -0.478 e. The molecule has 24 heavy (non-hydrogen) atoms. The van der Waals surface area contributed by atoms with Gasteiger partial charge in [0.25, 0.3) is 11.8 Å². The largest absolute Gasteiger partial charge is 0.478 e. The number of rotatable bonds is 5. The topological polar surface area (TPSA) is 100 Å². The molecule has 1 atom stereocenters. The first-order valence-electron chi connectivity index (χ1n) is 7.09. The smallest absolute Gasteiger partial charge is 0.286 e. The molecule has 1 aromatic carbocycles. The number of benzene rings is 1. The van der Waals surface area contributed by atoms with Gasteiger partial charge in [0, 0.05) is 11.8 Å². The Hall–Kier alpha value is -3.16. The minimum atomic E-state index is -1.03. The van der Waals surface area contributed by atoms with Crippen LogP contribution in [0.4, 0.5) is 4.39 Å². The first-order chi connectivity index (χ1) is 11.4. The zero-order chi connectivity index (χ0) is 17.7. The molecular weight excluding hydrogens is 317 g/mol. The third-order valence-corrected chi connectivity index (χ3v) is 3.14. The molecular formula is C16H16FN3O4. The number of hydrazine groups is 1. The fraction of sp³-hybridized carbons (Fsp3) is 0.188. The monoisotopic (exact) mass is 333 g/mol. The highest BCUT2D eigenvalue weighted by atomic mass is 19.1. The minimum absolute atomic E-state index is 0.0676. The summed E-state index contributed by atoms with van der Waals surface area (Å²) in [6.45, 7) is 2.78. The van der Waals surface area contributed by atoms with Crippen LogP contribution >= 0.6 is 0 Å². The molecule has 1 heterocycles. The predicted molar refractivity (Wildman–Crippen MR) is 82.9 cm³/mol. The molecule has 0 fully saturated rings. The molecule has 3 N–H and O–H groups in total. The van der Waals surface area contributed by atoms with Gasteiger partial charge in [-0.15, -0.1) is 0 Å². The number of carbonyl (C=O) groups excluding carboxylic acids is 3. The molecule has 0 saturated heterocycles. The molecule has 0 aliphatic heterocycles. The molecule has 0 aliphatic carbocycles. The summed E-state index contributed by atoms with van der Waals surface area (Å²) >= 11 is 0. The number of hydrogen-bond acceptors (Lipinski definition) is 4. The van der Waals surface area contributed by atoms with Crippen molar-refractivity contribution in [2.24, 2.45) is 0 Å². The summed E-state index contributed by atoms with van der Waals surface area (Å²) < 4.78 is 18.6. The number of aromatic nitrogens is 1. The molecule has 0 spiro atoms. The summed E-state index contributed by atoms with van der Waals surface area (Å²) in [7, 11) is 0. The Morgan fingerprint density at radius 2 is 1.92 bits per heavy atom. The molecule has 0 bridgehead atoms. The first kappa shape index (κ1) is 17.2. The van der Waals surface area contributed by atoms with Crippen molar-refractivity contribution in [3.8, 4) is 5.75 Å². The lowest BCUT2D eigenvalue weighted by atomic mass is 10.2. The van der Waals surface area contributed by atoms with Crippen LogP contribution in [0.15, 0.2) is 36.5 Å². The fourth-order valence-corrected chi connectivity index (χ4v) is 1.80. The highest BCUT2D eigenvalue weighted by Gasteiger charge is 2.18. The Balaban J connectivity index is 1.88. The number of aromatic amines is 1. The number of para-hydroxylation sites is 1. The molecule has 1 unspecified atom stereocenters. The molecule has 2 rings (SSSR count). The lowest BCUT2D eigenvalue weighted by Gasteiger charge is -2.15. The summed E-state index contributed by atoms with van der Waals surface area (Å²) in [5.41, 5.74) is 4.81. The van der Waals surface area contributed by atoms with Gasteiger partial charge in [0.15, 0.2) is 23.5 Å². The maximum atomic E-state index is 13.5. The van der Waals surface area contributed by atoms with E-state index in [0.717, 1.165) is 0 Å². The average molecular weight is 333 g/mol. The zero-order valence-corrected chi connectivity index (χ0v) is 13.1. The van der Waals surface area contributed by atoms with E-state index in [2.05, 4.69) is 15.8 Å². The van der Waals surface area contributed by atoms with Crippen LogP contribution in [0.3, 0.4) is 0 Å². The van der Waals surface area contributed by atoms with Crippen molar-refractivity contribution >= 4 is 17.6 Å². The van der Waals surface area contributed by atoms with E-state index in [0.29, 0.717) is 5.56 Å². The second-order valence-electron chi connectivity index (χ2n) is 4.99. The summed E-state index contributed by atoms with van der Waals surface area (Å²) in [4.78, 5) is 37.5. The maximum absolute atomic E-state index is 13.5.